The maximum absolute atomic E-state index is 11.5. The molecule has 2 aromatic rings. The molecule has 1 atom stereocenters. The molecular weight excluding hydrogens is 332 g/mol. The molecule has 0 saturated carbocycles. The maximum atomic E-state index is 11.5. The van der Waals surface area contributed by atoms with Gasteiger partial charge in [-0.2, -0.15) is 8.42 Å². The largest absolute Gasteiger partial charge is 0.389 e. The molecule has 0 fully saturated rings. The molecule has 0 aliphatic heterocycles. The third kappa shape index (κ3) is 4.39. The van der Waals surface area contributed by atoms with E-state index >= 15 is 0 Å². The third-order valence-electron chi connectivity index (χ3n) is 3.39. The Morgan fingerprint density at radius 1 is 1.21 bits per heavy atom. The van der Waals surface area contributed by atoms with E-state index in [1.165, 1.54) is 12.3 Å². The first-order valence-corrected chi connectivity index (χ1v) is 8.98. The van der Waals surface area contributed by atoms with E-state index in [2.05, 4.69) is 10.2 Å². The molecule has 24 heavy (non-hydrogen) atoms. The lowest BCUT2D eigenvalue weighted by Gasteiger charge is -2.11. The van der Waals surface area contributed by atoms with Crippen LogP contribution in [0.2, 0.25) is 0 Å². The minimum Gasteiger partial charge on any atom is -0.378 e. The van der Waals surface area contributed by atoms with Gasteiger partial charge in [0.1, 0.15) is 5.69 Å². The smallest absolute Gasteiger partial charge is 0.378 e. The highest BCUT2D eigenvalue weighted by atomic mass is 32.2. The highest BCUT2D eigenvalue weighted by molar-refractivity contribution is 7.85. The lowest BCUT2D eigenvalue weighted by molar-refractivity contribution is -0.857. The number of azo groups is 1. The van der Waals surface area contributed by atoms with Crippen molar-refractivity contribution in [1.29, 1.82) is 0 Å². The van der Waals surface area contributed by atoms with Gasteiger partial charge in [-0.1, -0.05) is 13.3 Å². The van der Waals surface area contributed by atoms with E-state index in [4.69, 9.17) is 4.52 Å². The fraction of sp³-hybridized carbons (Fsp3) is 0.400. The van der Waals surface area contributed by atoms with Crippen molar-refractivity contribution in [1.82, 2.24) is 0 Å². The van der Waals surface area contributed by atoms with Gasteiger partial charge in [0.15, 0.2) is 6.26 Å². The average Bonchev–Trinajstić information content (AvgIpc) is 2.97. The second-order valence-electron chi connectivity index (χ2n) is 5.46. The molecule has 0 radical (unpaired) electrons. The van der Waals surface area contributed by atoms with Gasteiger partial charge in [0.2, 0.25) is 0 Å². The number of hydrogen-bond donors (Lipinski definition) is 1. The molecule has 1 heterocycles. The number of nitrogens with zero attached hydrogens (tertiary/aromatic N) is 4. The average molecular weight is 353 g/mol. The number of benzene rings is 1. The summed E-state index contributed by atoms with van der Waals surface area (Å²) in [5, 5.41) is 6.90. The Morgan fingerprint density at radius 2 is 1.88 bits per heavy atom. The summed E-state index contributed by atoms with van der Waals surface area (Å²) in [7, 11) is -0.431. The van der Waals surface area contributed by atoms with Crippen molar-refractivity contribution in [3.8, 4) is 0 Å². The molecule has 0 bridgehead atoms. The number of hydrogen-bond acceptors (Lipinski definition) is 6. The van der Waals surface area contributed by atoms with Gasteiger partial charge in [0.05, 0.1) is 11.2 Å². The normalized spacial score (nSPS) is 13.3. The standard InChI is InChI=1S/C15H20N4O4S/c1-4-5-15(24(20,21)22)19-14(10-11-23-19)17-16-12-6-8-13(9-7-12)18(2)3/h6-11,15H,4-5H2,1-3H3/p+1. The summed E-state index contributed by atoms with van der Waals surface area (Å²) in [6, 6.07) is 8.89. The molecule has 9 heteroatoms. The van der Waals surface area contributed by atoms with E-state index in [-0.39, 0.29) is 12.2 Å². The Labute approximate surface area is 141 Å². The first kappa shape index (κ1) is 18.1. The molecule has 0 saturated heterocycles. The SMILES string of the molecule is CCCC([n+]1occc1N=Nc1ccc(N(C)C)cc1)S(=O)(=O)O. The van der Waals surface area contributed by atoms with Gasteiger partial charge < -0.3 is 9.42 Å². The molecule has 0 spiro atoms. The zero-order chi connectivity index (χ0) is 17.7. The van der Waals surface area contributed by atoms with E-state index < -0.39 is 15.5 Å². The highest BCUT2D eigenvalue weighted by Crippen LogP contribution is 2.22. The fourth-order valence-electron chi connectivity index (χ4n) is 2.14. The van der Waals surface area contributed by atoms with Gasteiger partial charge in [0.25, 0.3) is 5.37 Å². The van der Waals surface area contributed by atoms with Gasteiger partial charge in [0, 0.05) is 26.2 Å². The lowest BCUT2D eigenvalue weighted by Crippen LogP contribution is -2.42. The predicted octanol–water partition coefficient (Wildman–Crippen LogP) is 3.24. The minimum atomic E-state index is -4.31. The molecule has 8 nitrogen and oxygen atoms in total. The Morgan fingerprint density at radius 3 is 2.42 bits per heavy atom. The first-order chi connectivity index (χ1) is 11.3. The van der Waals surface area contributed by atoms with Crippen molar-refractivity contribution in [2.75, 3.05) is 19.0 Å². The van der Waals surface area contributed by atoms with Crippen LogP contribution in [-0.2, 0) is 10.1 Å². The minimum absolute atomic E-state index is 0.205. The summed E-state index contributed by atoms with van der Waals surface area (Å²) in [5.74, 6) is 0.211. The van der Waals surface area contributed by atoms with Crippen LogP contribution < -0.4 is 9.64 Å². The van der Waals surface area contributed by atoms with Crippen LogP contribution >= 0.6 is 0 Å². The van der Waals surface area contributed by atoms with Crippen molar-refractivity contribution in [2.45, 2.75) is 25.1 Å². The molecule has 0 aliphatic carbocycles. The quantitative estimate of drug-likeness (QED) is 0.468. The zero-order valence-electron chi connectivity index (χ0n) is 13.8. The predicted molar refractivity (Wildman–Crippen MR) is 89.3 cm³/mol. The molecule has 2 rings (SSSR count). The van der Waals surface area contributed by atoms with Crippen molar-refractivity contribution in [2.24, 2.45) is 10.2 Å². The van der Waals surface area contributed by atoms with E-state index in [9.17, 15) is 13.0 Å². The van der Waals surface area contributed by atoms with E-state index in [1.54, 1.807) is 12.1 Å². The summed E-state index contributed by atoms with van der Waals surface area (Å²) < 4.78 is 38.7. The van der Waals surface area contributed by atoms with Crippen molar-refractivity contribution >= 4 is 27.3 Å². The third-order valence-corrected chi connectivity index (χ3v) is 4.51. The van der Waals surface area contributed by atoms with Crippen LogP contribution in [0.3, 0.4) is 0 Å². The van der Waals surface area contributed by atoms with Gasteiger partial charge in [-0.25, -0.2) is 0 Å². The van der Waals surface area contributed by atoms with Crippen LogP contribution in [0.5, 0.6) is 0 Å². The van der Waals surface area contributed by atoms with Gasteiger partial charge in [-0.15, -0.1) is 0 Å². The molecule has 1 unspecified atom stereocenters. The Hall–Kier alpha value is -2.26. The lowest BCUT2D eigenvalue weighted by atomic mass is 10.3. The molecule has 1 N–H and O–H groups in total. The monoisotopic (exact) mass is 353 g/mol. The topological polar surface area (TPSA) is 99.4 Å². The molecule has 1 aromatic carbocycles. The van der Waals surface area contributed by atoms with E-state index in [1.807, 2.05) is 38.1 Å². The Balaban J connectivity index is 2.26. The highest BCUT2D eigenvalue weighted by Gasteiger charge is 2.34. The molecular formula is C15H21N4O4S+. The summed E-state index contributed by atoms with van der Waals surface area (Å²) in [4.78, 5) is 1.96. The van der Waals surface area contributed by atoms with Gasteiger partial charge >= 0.3 is 15.9 Å². The van der Waals surface area contributed by atoms with Crippen molar-refractivity contribution in [3.63, 3.8) is 0 Å². The van der Waals surface area contributed by atoms with Crippen LogP contribution in [0.15, 0.2) is 51.3 Å². The van der Waals surface area contributed by atoms with Crippen LogP contribution in [0.1, 0.15) is 25.1 Å². The number of anilines is 1. The number of rotatable bonds is 7. The number of aromatic nitrogens is 1. The van der Waals surface area contributed by atoms with E-state index in [0.717, 1.165) is 10.4 Å². The summed E-state index contributed by atoms with van der Waals surface area (Å²) in [5.41, 5.74) is 1.65. The zero-order valence-corrected chi connectivity index (χ0v) is 14.6. The molecule has 1 aromatic heterocycles. The van der Waals surface area contributed by atoms with Crippen LogP contribution in [0, 0.1) is 0 Å². The Bertz CT molecular complexity index is 797. The first-order valence-electron chi connectivity index (χ1n) is 7.48. The van der Waals surface area contributed by atoms with Crippen LogP contribution in [-0.4, -0.2) is 27.1 Å². The summed E-state index contributed by atoms with van der Waals surface area (Å²) in [6.07, 6.45) is 2.06. The molecule has 130 valence electrons. The fourth-order valence-corrected chi connectivity index (χ4v) is 3.07. The van der Waals surface area contributed by atoms with Crippen molar-refractivity contribution < 1.29 is 22.2 Å². The second-order valence-corrected chi connectivity index (χ2v) is 7.04. The van der Waals surface area contributed by atoms with Crippen molar-refractivity contribution in [3.05, 3.63) is 36.6 Å². The summed E-state index contributed by atoms with van der Waals surface area (Å²) in [6.45, 7) is 1.81. The second kappa shape index (κ2) is 7.54. The van der Waals surface area contributed by atoms with Crippen LogP contribution in [0.4, 0.5) is 17.2 Å². The van der Waals surface area contributed by atoms with E-state index in [0.29, 0.717) is 12.1 Å². The summed E-state index contributed by atoms with van der Waals surface area (Å²) >= 11 is 0. The van der Waals surface area contributed by atoms with Crippen LogP contribution in [0.25, 0.3) is 0 Å². The molecule has 0 aliphatic rings. The molecule has 0 amide bonds. The Kier molecular flexibility index (Phi) is 5.68. The van der Waals surface area contributed by atoms with Gasteiger partial charge in [-0.3, -0.25) is 4.55 Å². The van der Waals surface area contributed by atoms with Gasteiger partial charge in [-0.05, 0) is 34.1 Å². The maximum Gasteiger partial charge on any atom is 0.389 e.